The van der Waals surface area contributed by atoms with Crippen molar-refractivity contribution in [2.45, 2.75) is 13.8 Å². The molecule has 110 valence electrons. The van der Waals surface area contributed by atoms with E-state index < -0.39 is 0 Å². The lowest BCUT2D eigenvalue weighted by atomic mass is 9.96. The molecule has 0 aliphatic heterocycles. The van der Waals surface area contributed by atoms with Crippen LogP contribution in [0.1, 0.15) is 22.3 Å². The van der Waals surface area contributed by atoms with Crippen molar-refractivity contribution in [3.63, 3.8) is 0 Å². The Morgan fingerprint density at radius 3 is 2.48 bits per heavy atom. The van der Waals surface area contributed by atoms with Gasteiger partial charge in [-0.3, -0.25) is 0 Å². The minimum absolute atomic E-state index is 1.15. The Morgan fingerprint density at radius 1 is 0.870 bits per heavy atom. The van der Waals surface area contributed by atoms with Gasteiger partial charge in [-0.05, 0) is 24.3 Å². The standard InChI is InChI=1S/C23H18/c1-16-11-13-18(22-9-5-3-7-20(16)22)15-19-14-12-17(2)21-8-4-6-10-23(19)21/h3-14H,1-2H3. The first-order chi connectivity index (χ1) is 11.2. The second kappa shape index (κ2) is 5.43. The van der Waals surface area contributed by atoms with E-state index in [9.17, 15) is 0 Å². The summed E-state index contributed by atoms with van der Waals surface area (Å²) in [5.41, 5.74) is 8.86. The van der Waals surface area contributed by atoms with Gasteiger partial charge in [0, 0.05) is 30.2 Å². The summed E-state index contributed by atoms with van der Waals surface area (Å²) in [6.45, 7) is 4.32. The van der Waals surface area contributed by atoms with Crippen LogP contribution in [0, 0.1) is 26.7 Å². The number of fused-ring (bicyclic) bond motifs is 2. The third-order valence-electron chi connectivity index (χ3n) is 4.55. The van der Waals surface area contributed by atoms with E-state index in [1.54, 1.807) is 0 Å². The number of benzene rings is 2. The smallest absolute Gasteiger partial charge is 0.107 e. The SMILES string of the molecule is Cc1ccc(=C=c2ccc(C)c3c2=CC=C[CH-]3)c2c1[CH+]C=CC=2. The first-order valence-electron chi connectivity index (χ1n) is 7.98. The van der Waals surface area contributed by atoms with Gasteiger partial charge in [0.2, 0.25) is 0 Å². The Balaban J connectivity index is 2.22. The highest BCUT2D eigenvalue weighted by Crippen LogP contribution is 2.07. The molecule has 0 spiro atoms. The highest BCUT2D eigenvalue weighted by Gasteiger charge is 2.10. The van der Waals surface area contributed by atoms with Gasteiger partial charge in [-0.1, -0.05) is 18.2 Å². The number of hydrogen-bond donors (Lipinski definition) is 0. The van der Waals surface area contributed by atoms with E-state index in [0.717, 1.165) is 10.4 Å². The first-order valence-corrected chi connectivity index (χ1v) is 7.98. The molecule has 0 saturated heterocycles. The van der Waals surface area contributed by atoms with Gasteiger partial charge >= 0.3 is 0 Å². The Bertz CT molecular complexity index is 1010. The number of hydrogen-bond acceptors (Lipinski definition) is 0. The first kappa shape index (κ1) is 13.8. The van der Waals surface area contributed by atoms with Crippen molar-refractivity contribution in [1.29, 1.82) is 0 Å². The molecule has 2 aliphatic rings. The van der Waals surface area contributed by atoms with Gasteiger partial charge in [0.05, 0.1) is 10.4 Å². The normalized spacial score (nSPS) is 13.7. The molecule has 0 radical (unpaired) electrons. The van der Waals surface area contributed by atoms with Gasteiger partial charge in [0.15, 0.2) is 0 Å². The van der Waals surface area contributed by atoms with Crippen LogP contribution in [0.2, 0.25) is 0 Å². The zero-order valence-electron chi connectivity index (χ0n) is 13.4. The zero-order chi connectivity index (χ0) is 15.8. The molecule has 0 nitrogen and oxygen atoms in total. The summed E-state index contributed by atoms with van der Waals surface area (Å²) in [6.07, 6.45) is 17.1. The van der Waals surface area contributed by atoms with Gasteiger partial charge in [0.1, 0.15) is 5.56 Å². The van der Waals surface area contributed by atoms with Crippen molar-refractivity contribution in [1.82, 2.24) is 0 Å². The number of rotatable bonds is 0. The van der Waals surface area contributed by atoms with Crippen LogP contribution in [0.4, 0.5) is 0 Å². The number of allylic oxidation sites excluding steroid dienone is 4. The molecule has 0 bridgehead atoms. The quantitative estimate of drug-likeness (QED) is 0.651. The molecule has 0 N–H and O–H groups in total. The van der Waals surface area contributed by atoms with Crippen LogP contribution in [-0.2, 0) is 0 Å². The van der Waals surface area contributed by atoms with Gasteiger partial charge < -0.3 is 0 Å². The molecule has 2 aromatic carbocycles. The van der Waals surface area contributed by atoms with Crippen molar-refractivity contribution in [2.75, 3.05) is 0 Å². The maximum absolute atomic E-state index is 3.64. The molecule has 2 aromatic rings. The molecule has 2 aliphatic carbocycles. The predicted molar refractivity (Wildman–Crippen MR) is 97.4 cm³/mol. The van der Waals surface area contributed by atoms with E-state index >= 15 is 0 Å². The van der Waals surface area contributed by atoms with E-state index in [0.29, 0.717) is 0 Å². The van der Waals surface area contributed by atoms with Crippen molar-refractivity contribution < 1.29 is 0 Å². The van der Waals surface area contributed by atoms with Crippen molar-refractivity contribution >= 4 is 17.9 Å². The average Bonchev–Trinajstić information content (AvgIpc) is 2.60. The van der Waals surface area contributed by atoms with Gasteiger partial charge in [-0.2, -0.15) is 0 Å². The van der Waals surface area contributed by atoms with Crippen molar-refractivity contribution in [2.24, 2.45) is 0 Å². The van der Waals surface area contributed by atoms with E-state index in [1.165, 1.54) is 32.7 Å². The van der Waals surface area contributed by atoms with Crippen LogP contribution in [0.25, 0.3) is 17.9 Å². The van der Waals surface area contributed by atoms with E-state index in [2.05, 4.69) is 93.1 Å². The fraction of sp³-hybridized carbons (Fsp3) is 0.0870. The Labute approximate surface area is 136 Å². The van der Waals surface area contributed by atoms with Crippen LogP contribution in [0.3, 0.4) is 0 Å². The minimum Gasteiger partial charge on any atom is -0.145 e. The van der Waals surface area contributed by atoms with Gasteiger partial charge in [-0.15, -0.1) is 47.6 Å². The molecule has 0 amide bonds. The lowest BCUT2D eigenvalue weighted by molar-refractivity contribution is 1.29. The third kappa shape index (κ3) is 2.34. The Morgan fingerprint density at radius 2 is 1.61 bits per heavy atom. The molecule has 4 rings (SSSR count). The topological polar surface area (TPSA) is 0 Å². The number of aryl methyl sites for hydroxylation is 2. The lowest BCUT2D eigenvalue weighted by Gasteiger charge is -2.15. The lowest BCUT2D eigenvalue weighted by Crippen LogP contribution is -2.34. The van der Waals surface area contributed by atoms with Crippen LogP contribution < -0.4 is 20.9 Å². The second-order valence-electron chi connectivity index (χ2n) is 6.08. The molecule has 23 heavy (non-hydrogen) atoms. The molecule has 0 heteroatoms. The summed E-state index contributed by atoms with van der Waals surface area (Å²) in [5, 5.41) is 4.83. The molecule has 0 aromatic heterocycles. The largest absolute Gasteiger partial charge is 0.145 e. The fourth-order valence-electron chi connectivity index (χ4n) is 3.26. The van der Waals surface area contributed by atoms with Crippen LogP contribution in [0.15, 0.2) is 48.6 Å². The van der Waals surface area contributed by atoms with Gasteiger partial charge in [0.25, 0.3) is 0 Å². The predicted octanol–water partition coefficient (Wildman–Crippen LogP) is 1.86. The molecule has 0 heterocycles. The highest BCUT2D eigenvalue weighted by atomic mass is 14.1. The fourth-order valence-corrected chi connectivity index (χ4v) is 3.26. The van der Waals surface area contributed by atoms with E-state index in [4.69, 9.17) is 0 Å². The maximum Gasteiger partial charge on any atom is 0.107 e. The van der Waals surface area contributed by atoms with Crippen LogP contribution >= 0.6 is 0 Å². The zero-order valence-corrected chi connectivity index (χ0v) is 13.4. The molecule has 0 fully saturated rings. The molecular formula is C23H18. The summed E-state index contributed by atoms with van der Waals surface area (Å²) in [5.74, 6) is 0. The molecule has 0 saturated carbocycles. The van der Waals surface area contributed by atoms with Crippen molar-refractivity contribution in [3.05, 3.63) is 105 Å². The van der Waals surface area contributed by atoms with Crippen LogP contribution in [0.5, 0.6) is 0 Å². The average molecular weight is 294 g/mol. The van der Waals surface area contributed by atoms with Gasteiger partial charge in [-0.25, -0.2) is 0 Å². The molecular weight excluding hydrogens is 276 g/mol. The summed E-state index contributed by atoms with van der Waals surface area (Å²) >= 11 is 0. The summed E-state index contributed by atoms with van der Waals surface area (Å²) in [6, 6.07) is 8.71. The van der Waals surface area contributed by atoms with Crippen molar-refractivity contribution in [3.8, 4) is 0 Å². The summed E-state index contributed by atoms with van der Waals surface area (Å²) < 4.78 is 0. The van der Waals surface area contributed by atoms with E-state index in [1.807, 2.05) is 0 Å². The minimum atomic E-state index is 1.15. The highest BCUT2D eigenvalue weighted by molar-refractivity contribution is 5.55. The van der Waals surface area contributed by atoms with Crippen LogP contribution in [-0.4, -0.2) is 0 Å². The monoisotopic (exact) mass is 294 g/mol. The second-order valence-corrected chi connectivity index (χ2v) is 6.08. The summed E-state index contributed by atoms with van der Waals surface area (Å²) in [7, 11) is 0. The molecule has 0 atom stereocenters. The molecule has 0 unspecified atom stereocenters. The Hall–Kier alpha value is -2.82. The summed E-state index contributed by atoms with van der Waals surface area (Å²) in [4.78, 5) is 0. The van der Waals surface area contributed by atoms with E-state index in [-0.39, 0.29) is 0 Å². The Kier molecular flexibility index (Phi) is 3.26. The third-order valence-corrected chi connectivity index (χ3v) is 4.55. The maximum atomic E-state index is 3.64.